The molecule has 0 unspecified atom stereocenters. The number of halogens is 5. The number of hydrogen-bond donors (Lipinski definition) is 2. The molecule has 1 aromatic rings. The number of benzene rings is 1. The first-order valence-corrected chi connectivity index (χ1v) is 4.73. The van der Waals surface area contributed by atoms with Crippen LogP contribution in [0.4, 0.5) is 28.9 Å². The molecule has 0 amide bonds. The zero-order chi connectivity index (χ0) is 12.3. The topological polar surface area (TPSA) is 38.0 Å². The standard InChI is InChI=1S/C9H9ClF4N2/c10-5-1-2-6(11)8(7(5)15)16-4-3-9(12,13)14/h1-2,16H,3-4,15H2. The summed E-state index contributed by atoms with van der Waals surface area (Å²) >= 11 is 5.60. The first kappa shape index (κ1) is 12.9. The SMILES string of the molecule is Nc1c(Cl)ccc(F)c1NCCC(F)(F)F. The second kappa shape index (κ2) is 4.78. The van der Waals surface area contributed by atoms with Crippen LogP contribution in [0, 0.1) is 5.82 Å². The summed E-state index contributed by atoms with van der Waals surface area (Å²) in [5, 5.41) is 2.37. The molecule has 0 radical (unpaired) electrons. The van der Waals surface area contributed by atoms with Crippen molar-refractivity contribution in [1.82, 2.24) is 0 Å². The second-order valence-electron chi connectivity index (χ2n) is 3.11. The third-order valence-electron chi connectivity index (χ3n) is 1.85. The summed E-state index contributed by atoms with van der Waals surface area (Å²) in [5.41, 5.74) is 5.13. The fourth-order valence-electron chi connectivity index (χ4n) is 1.08. The van der Waals surface area contributed by atoms with E-state index < -0.39 is 25.0 Å². The van der Waals surface area contributed by atoms with Gasteiger partial charge in [-0.3, -0.25) is 0 Å². The molecule has 1 aromatic carbocycles. The molecule has 0 aliphatic carbocycles. The Morgan fingerprint density at radius 1 is 1.31 bits per heavy atom. The molecular weight excluding hydrogens is 248 g/mol. The third kappa shape index (κ3) is 3.44. The molecule has 0 saturated carbocycles. The van der Waals surface area contributed by atoms with Crippen molar-refractivity contribution in [3.05, 3.63) is 23.0 Å². The van der Waals surface area contributed by atoms with Gasteiger partial charge in [0.1, 0.15) is 5.82 Å². The van der Waals surface area contributed by atoms with E-state index in [1.807, 2.05) is 0 Å². The van der Waals surface area contributed by atoms with Crippen LogP contribution in [0.15, 0.2) is 12.1 Å². The molecule has 0 aliphatic heterocycles. The number of alkyl halides is 3. The third-order valence-corrected chi connectivity index (χ3v) is 2.18. The molecule has 0 fully saturated rings. The minimum absolute atomic E-state index is 0.0934. The quantitative estimate of drug-likeness (QED) is 0.642. The maximum absolute atomic E-state index is 13.2. The van der Waals surface area contributed by atoms with Crippen LogP contribution < -0.4 is 11.1 Å². The fourth-order valence-corrected chi connectivity index (χ4v) is 1.23. The highest BCUT2D eigenvalue weighted by atomic mass is 35.5. The summed E-state index contributed by atoms with van der Waals surface area (Å²) in [5.74, 6) is -0.732. The first-order chi connectivity index (χ1) is 7.31. The van der Waals surface area contributed by atoms with E-state index in [0.717, 1.165) is 6.07 Å². The zero-order valence-corrected chi connectivity index (χ0v) is 8.79. The Morgan fingerprint density at radius 3 is 2.50 bits per heavy atom. The summed E-state index contributed by atoms with van der Waals surface area (Å²) in [6.07, 6.45) is -5.37. The van der Waals surface area contributed by atoms with E-state index in [9.17, 15) is 17.6 Å². The molecular formula is C9H9ClF4N2. The van der Waals surface area contributed by atoms with Gasteiger partial charge in [0.25, 0.3) is 0 Å². The summed E-state index contributed by atoms with van der Waals surface area (Å²) in [4.78, 5) is 0. The van der Waals surface area contributed by atoms with Gasteiger partial charge in [-0.2, -0.15) is 13.2 Å². The highest BCUT2D eigenvalue weighted by Gasteiger charge is 2.26. The molecule has 0 heterocycles. The van der Waals surface area contributed by atoms with Crippen LogP contribution in [0.2, 0.25) is 5.02 Å². The van der Waals surface area contributed by atoms with Gasteiger partial charge in [-0.25, -0.2) is 4.39 Å². The number of rotatable bonds is 3. The lowest BCUT2D eigenvalue weighted by Gasteiger charge is -2.12. The maximum atomic E-state index is 13.2. The van der Waals surface area contributed by atoms with Crippen molar-refractivity contribution < 1.29 is 17.6 Å². The van der Waals surface area contributed by atoms with Crippen molar-refractivity contribution in [2.24, 2.45) is 0 Å². The number of hydrogen-bond acceptors (Lipinski definition) is 2. The van der Waals surface area contributed by atoms with Gasteiger partial charge in [0, 0.05) is 6.54 Å². The molecule has 7 heteroatoms. The van der Waals surface area contributed by atoms with Crippen LogP contribution in [0.1, 0.15) is 6.42 Å². The van der Waals surface area contributed by atoms with Gasteiger partial charge in [0.15, 0.2) is 0 Å². The summed E-state index contributed by atoms with van der Waals surface area (Å²) in [6, 6.07) is 2.27. The van der Waals surface area contributed by atoms with E-state index in [4.69, 9.17) is 17.3 Å². The Kier molecular flexibility index (Phi) is 3.85. The maximum Gasteiger partial charge on any atom is 0.390 e. The monoisotopic (exact) mass is 256 g/mol. The molecule has 3 N–H and O–H groups in total. The smallest absolute Gasteiger partial charge is 0.390 e. The molecule has 0 saturated heterocycles. The predicted octanol–water partition coefficient (Wildman–Crippen LogP) is 3.43. The molecule has 0 aliphatic rings. The van der Waals surface area contributed by atoms with Gasteiger partial charge in [0.2, 0.25) is 0 Å². The van der Waals surface area contributed by atoms with Gasteiger partial charge < -0.3 is 11.1 Å². The molecule has 1 rings (SSSR count). The van der Waals surface area contributed by atoms with Crippen molar-refractivity contribution in [1.29, 1.82) is 0 Å². The van der Waals surface area contributed by atoms with Crippen molar-refractivity contribution in [3.63, 3.8) is 0 Å². The normalized spacial score (nSPS) is 11.6. The second-order valence-corrected chi connectivity index (χ2v) is 3.52. The molecule has 0 bridgehead atoms. The number of anilines is 2. The Bertz CT molecular complexity index is 379. The van der Waals surface area contributed by atoms with Gasteiger partial charge in [-0.05, 0) is 12.1 Å². The fraction of sp³-hybridized carbons (Fsp3) is 0.333. The highest BCUT2D eigenvalue weighted by Crippen LogP contribution is 2.30. The van der Waals surface area contributed by atoms with Crippen LogP contribution in [-0.2, 0) is 0 Å². The zero-order valence-electron chi connectivity index (χ0n) is 8.04. The number of nitrogen functional groups attached to an aromatic ring is 1. The Hall–Kier alpha value is -1.17. The summed E-state index contributed by atoms with van der Waals surface area (Å²) in [6.45, 7) is -0.453. The van der Waals surface area contributed by atoms with Crippen molar-refractivity contribution in [2.75, 3.05) is 17.6 Å². The van der Waals surface area contributed by atoms with E-state index >= 15 is 0 Å². The largest absolute Gasteiger partial charge is 0.396 e. The molecule has 2 nitrogen and oxygen atoms in total. The van der Waals surface area contributed by atoms with E-state index in [-0.39, 0.29) is 16.4 Å². The van der Waals surface area contributed by atoms with Gasteiger partial charge >= 0.3 is 6.18 Å². The molecule has 0 aromatic heterocycles. The first-order valence-electron chi connectivity index (χ1n) is 4.35. The lowest BCUT2D eigenvalue weighted by Crippen LogP contribution is -2.16. The lowest BCUT2D eigenvalue weighted by molar-refractivity contribution is -0.131. The number of nitrogens with two attached hydrogens (primary N) is 1. The summed E-state index contributed by atoms with van der Waals surface area (Å²) < 4.78 is 48.7. The molecule has 0 spiro atoms. The van der Waals surface area contributed by atoms with Crippen LogP contribution in [0.25, 0.3) is 0 Å². The predicted molar refractivity (Wildman–Crippen MR) is 55.0 cm³/mol. The average molecular weight is 257 g/mol. The van der Waals surface area contributed by atoms with E-state index in [1.54, 1.807) is 0 Å². The average Bonchev–Trinajstić information content (AvgIpc) is 2.16. The van der Waals surface area contributed by atoms with Gasteiger partial charge in [0.05, 0.1) is 22.8 Å². The van der Waals surface area contributed by atoms with Crippen molar-refractivity contribution >= 4 is 23.0 Å². The Labute approximate surface area is 94.4 Å². The highest BCUT2D eigenvalue weighted by molar-refractivity contribution is 6.33. The van der Waals surface area contributed by atoms with E-state index in [2.05, 4.69) is 5.32 Å². The number of nitrogens with one attached hydrogen (secondary N) is 1. The van der Waals surface area contributed by atoms with Gasteiger partial charge in [-0.1, -0.05) is 11.6 Å². The Balaban J connectivity index is 2.71. The molecule has 90 valence electrons. The van der Waals surface area contributed by atoms with Crippen molar-refractivity contribution in [3.8, 4) is 0 Å². The minimum Gasteiger partial charge on any atom is -0.396 e. The lowest BCUT2D eigenvalue weighted by atomic mass is 10.2. The minimum atomic E-state index is -4.29. The molecule has 16 heavy (non-hydrogen) atoms. The Morgan fingerprint density at radius 2 is 1.94 bits per heavy atom. The molecule has 0 atom stereocenters. The van der Waals surface area contributed by atoms with E-state index in [1.165, 1.54) is 6.07 Å². The van der Waals surface area contributed by atoms with Gasteiger partial charge in [-0.15, -0.1) is 0 Å². The van der Waals surface area contributed by atoms with Crippen LogP contribution in [0.5, 0.6) is 0 Å². The summed E-state index contributed by atoms with van der Waals surface area (Å²) in [7, 11) is 0. The van der Waals surface area contributed by atoms with E-state index in [0.29, 0.717) is 0 Å². The van der Waals surface area contributed by atoms with Crippen LogP contribution in [-0.4, -0.2) is 12.7 Å². The van der Waals surface area contributed by atoms with Crippen LogP contribution in [0.3, 0.4) is 0 Å². The van der Waals surface area contributed by atoms with Crippen molar-refractivity contribution in [2.45, 2.75) is 12.6 Å². The van der Waals surface area contributed by atoms with Crippen LogP contribution >= 0.6 is 11.6 Å².